The molecule has 3 N–H and O–H groups in total. The van der Waals surface area contributed by atoms with E-state index in [4.69, 9.17) is 15.3 Å². The van der Waals surface area contributed by atoms with Crippen LogP contribution in [0.2, 0.25) is 0 Å². The SMILES string of the molecule is CCOC1(C(NN)c2ccc(OC)cc2F)CCCCC1. The van der Waals surface area contributed by atoms with Crippen LogP contribution in [-0.2, 0) is 4.74 Å². The van der Waals surface area contributed by atoms with Gasteiger partial charge in [-0.15, -0.1) is 0 Å². The van der Waals surface area contributed by atoms with Gasteiger partial charge < -0.3 is 9.47 Å². The van der Waals surface area contributed by atoms with E-state index in [9.17, 15) is 4.39 Å². The predicted molar refractivity (Wildman–Crippen MR) is 80.5 cm³/mol. The molecule has 5 heteroatoms. The summed E-state index contributed by atoms with van der Waals surface area (Å²) in [6.07, 6.45) is 5.13. The van der Waals surface area contributed by atoms with Crippen molar-refractivity contribution in [2.75, 3.05) is 13.7 Å². The first-order valence-corrected chi connectivity index (χ1v) is 7.60. The lowest BCUT2D eigenvalue weighted by Crippen LogP contribution is -2.50. The number of ether oxygens (including phenoxy) is 2. The number of hydrogen-bond donors (Lipinski definition) is 2. The van der Waals surface area contributed by atoms with E-state index in [0.29, 0.717) is 17.9 Å². The van der Waals surface area contributed by atoms with Gasteiger partial charge in [-0.25, -0.2) is 9.82 Å². The second kappa shape index (κ2) is 7.20. The van der Waals surface area contributed by atoms with E-state index in [-0.39, 0.29) is 11.9 Å². The maximum atomic E-state index is 14.4. The van der Waals surface area contributed by atoms with Gasteiger partial charge in [0.15, 0.2) is 0 Å². The number of benzene rings is 1. The van der Waals surface area contributed by atoms with Gasteiger partial charge in [0, 0.05) is 18.2 Å². The third kappa shape index (κ3) is 3.36. The smallest absolute Gasteiger partial charge is 0.131 e. The third-order valence-corrected chi connectivity index (χ3v) is 4.34. The standard InChI is InChI=1S/C16H25FN2O2/c1-3-21-16(9-5-4-6-10-16)15(19-18)13-8-7-12(20-2)11-14(13)17/h7-8,11,15,19H,3-6,9-10,18H2,1-2H3. The Bertz CT molecular complexity index is 456. The van der Waals surface area contributed by atoms with Gasteiger partial charge in [0.1, 0.15) is 11.6 Å². The maximum Gasteiger partial charge on any atom is 0.131 e. The zero-order valence-corrected chi connectivity index (χ0v) is 12.8. The fourth-order valence-electron chi connectivity index (χ4n) is 3.35. The van der Waals surface area contributed by atoms with E-state index in [1.54, 1.807) is 12.1 Å². The maximum absolute atomic E-state index is 14.4. The summed E-state index contributed by atoms with van der Waals surface area (Å²) in [5.74, 6) is 5.95. The van der Waals surface area contributed by atoms with E-state index >= 15 is 0 Å². The summed E-state index contributed by atoms with van der Waals surface area (Å²) in [5.41, 5.74) is 2.89. The van der Waals surface area contributed by atoms with Gasteiger partial charge in [-0.1, -0.05) is 25.3 Å². The van der Waals surface area contributed by atoms with Crippen molar-refractivity contribution >= 4 is 0 Å². The largest absolute Gasteiger partial charge is 0.497 e. The molecular weight excluding hydrogens is 271 g/mol. The normalized spacial score (nSPS) is 19.2. The molecule has 1 aliphatic rings. The van der Waals surface area contributed by atoms with E-state index in [1.807, 2.05) is 6.92 Å². The molecule has 0 spiro atoms. The number of halogens is 1. The summed E-state index contributed by atoms with van der Waals surface area (Å²) >= 11 is 0. The summed E-state index contributed by atoms with van der Waals surface area (Å²) in [6.45, 7) is 2.56. The van der Waals surface area contributed by atoms with Gasteiger partial charge >= 0.3 is 0 Å². The molecule has 118 valence electrons. The highest BCUT2D eigenvalue weighted by atomic mass is 19.1. The number of nitrogens with two attached hydrogens (primary N) is 1. The molecule has 4 nitrogen and oxygen atoms in total. The Balaban J connectivity index is 2.36. The Hall–Kier alpha value is -1.17. The molecular formula is C16H25FN2O2. The van der Waals surface area contributed by atoms with E-state index < -0.39 is 5.60 Å². The molecule has 1 atom stereocenters. The fraction of sp³-hybridized carbons (Fsp3) is 0.625. The van der Waals surface area contributed by atoms with Crippen LogP contribution < -0.4 is 16.0 Å². The van der Waals surface area contributed by atoms with Crippen molar-refractivity contribution < 1.29 is 13.9 Å². The van der Waals surface area contributed by atoms with Crippen molar-refractivity contribution in [2.45, 2.75) is 50.7 Å². The van der Waals surface area contributed by atoms with Crippen LogP contribution in [0.25, 0.3) is 0 Å². The lowest BCUT2D eigenvalue weighted by atomic mass is 9.76. The van der Waals surface area contributed by atoms with Crippen molar-refractivity contribution in [2.24, 2.45) is 5.84 Å². The molecule has 21 heavy (non-hydrogen) atoms. The molecule has 0 radical (unpaired) electrons. The lowest BCUT2D eigenvalue weighted by molar-refractivity contribution is -0.0920. The highest BCUT2D eigenvalue weighted by Crippen LogP contribution is 2.42. The molecule has 0 saturated heterocycles. The van der Waals surface area contributed by atoms with Gasteiger partial charge in [-0.3, -0.25) is 5.84 Å². The Labute approximate surface area is 125 Å². The first-order valence-electron chi connectivity index (χ1n) is 7.60. The molecule has 1 fully saturated rings. The Morgan fingerprint density at radius 1 is 1.33 bits per heavy atom. The molecule has 0 heterocycles. The molecule has 0 amide bonds. The topological polar surface area (TPSA) is 56.5 Å². The predicted octanol–water partition coefficient (Wildman–Crippen LogP) is 3.08. The molecule has 1 aromatic rings. The number of methoxy groups -OCH3 is 1. The van der Waals surface area contributed by atoms with Crippen molar-refractivity contribution in [1.29, 1.82) is 0 Å². The van der Waals surface area contributed by atoms with Crippen molar-refractivity contribution in [3.05, 3.63) is 29.6 Å². The molecule has 0 aromatic heterocycles. The van der Waals surface area contributed by atoms with Crippen LogP contribution in [0.1, 0.15) is 50.6 Å². The molecule has 0 aliphatic heterocycles. The molecule has 1 unspecified atom stereocenters. The number of hydrogen-bond acceptors (Lipinski definition) is 4. The lowest BCUT2D eigenvalue weighted by Gasteiger charge is -2.43. The van der Waals surface area contributed by atoms with Crippen LogP contribution >= 0.6 is 0 Å². The minimum atomic E-state index is -0.433. The van der Waals surface area contributed by atoms with Gasteiger partial charge in [-0.2, -0.15) is 0 Å². The Morgan fingerprint density at radius 2 is 2.05 bits per heavy atom. The average Bonchev–Trinajstić information content (AvgIpc) is 2.50. The van der Waals surface area contributed by atoms with Crippen LogP contribution in [0.4, 0.5) is 4.39 Å². The zero-order valence-electron chi connectivity index (χ0n) is 12.8. The van der Waals surface area contributed by atoms with Crippen LogP contribution in [0.15, 0.2) is 18.2 Å². The van der Waals surface area contributed by atoms with Crippen molar-refractivity contribution in [3.63, 3.8) is 0 Å². The van der Waals surface area contributed by atoms with Gasteiger partial charge in [0.25, 0.3) is 0 Å². The van der Waals surface area contributed by atoms with Crippen molar-refractivity contribution in [1.82, 2.24) is 5.43 Å². The third-order valence-electron chi connectivity index (χ3n) is 4.34. The average molecular weight is 296 g/mol. The number of hydrazine groups is 1. The van der Waals surface area contributed by atoms with Gasteiger partial charge in [0.2, 0.25) is 0 Å². The summed E-state index contributed by atoms with van der Waals surface area (Å²) in [4.78, 5) is 0. The number of nitrogens with one attached hydrogen (secondary N) is 1. The van der Waals surface area contributed by atoms with E-state index in [2.05, 4.69) is 5.43 Å². The monoisotopic (exact) mass is 296 g/mol. The molecule has 1 aliphatic carbocycles. The second-order valence-corrected chi connectivity index (χ2v) is 5.55. The molecule has 0 bridgehead atoms. The Morgan fingerprint density at radius 3 is 2.57 bits per heavy atom. The second-order valence-electron chi connectivity index (χ2n) is 5.55. The highest BCUT2D eigenvalue weighted by Gasteiger charge is 2.42. The summed E-state index contributed by atoms with van der Waals surface area (Å²) in [5, 5.41) is 0. The fourth-order valence-corrected chi connectivity index (χ4v) is 3.35. The summed E-state index contributed by atoms with van der Waals surface area (Å²) in [7, 11) is 1.52. The minimum Gasteiger partial charge on any atom is -0.497 e. The Kier molecular flexibility index (Phi) is 5.56. The quantitative estimate of drug-likeness (QED) is 0.625. The van der Waals surface area contributed by atoms with Crippen LogP contribution in [0.3, 0.4) is 0 Å². The summed E-state index contributed by atoms with van der Waals surface area (Å²) in [6, 6.07) is 4.52. The van der Waals surface area contributed by atoms with E-state index in [0.717, 1.165) is 25.7 Å². The van der Waals surface area contributed by atoms with Gasteiger partial charge in [0.05, 0.1) is 18.8 Å². The van der Waals surface area contributed by atoms with E-state index in [1.165, 1.54) is 19.6 Å². The first kappa shape index (κ1) is 16.2. The highest BCUT2D eigenvalue weighted by molar-refractivity contribution is 5.32. The first-order chi connectivity index (χ1) is 10.2. The van der Waals surface area contributed by atoms with Crippen molar-refractivity contribution in [3.8, 4) is 5.75 Å². The molecule has 1 aromatic carbocycles. The zero-order chi connectivity index (χ0) is 15.3. The number of rotatable bonds is 6. The van der Waals surface area contributed by atoms with Gasteiger partial charge in [-0.05, 0) is 25.8 Å². The van der Waals surface area contributed by atoms with Crippen LogP contribution in [-0.4, -0.2) is 19.3 Å². The van der Waals surface area contributed by atoms with Crippen LogP contribution in [0, 0.1) is 5.82 Å². The van der Waals surface area contributed by atoms with Crippen LogP contribution in [0.5, 0.6) is 5.75 Å². The minimum absolute atomic E-state index is 0.318. The summed E-state index contributed by atoms with van der Waals surface area (Å²) < 4.78 is 25.5. The molecule has 1 saturated carbocycles. The molecule has 2 rings (SSSR count).